The first kappa shape index (κ1) is 14.7. The molecule has 0 aliphatic heterocycles. The highest BCUT2D eigenvalue weighted by molar-refractivity contribution is 7.10. The summed E-state index contributed by atoms with van der Waals surface area (Å²) >= 11 is 1.64. The lowest BCUT2D eigenvalue weighted by Crippen LogP contribution is -2.38. The molecule has 2 heterocycles. The Morgan fingerprint density at radius 2 is 2.25 bits per heavy atom. The molecule has 1 amide bonds. The van der Waals surface area contributed by atoms with Crippen molar-refractivity contribution < 1.29 is 4.79 Å². The van der Waals surface area contributed by atoms with Crippen molar-refractivity contribution in [2.45, 2.75) is 25.9 Å². The van der Waals surface area contributed by atoms with Crippen LogP contribution in [0, 0.1) is 5.92 Å². The Balaban J connectivity index is 2.09. The van der Waals surface area contributed by atoms with Gasteiger partial charge in [-0.2, -0.15) is 5.10 Å². The SMILES string of the molecule is CC(C)C(NC(=O)C(N)c1cnn(C)c1)c1cccs1. The van der Waals surface area contributed by atoms with Crippen LogP contribution in [0.15, 0.2) is 29.9 Å². The number of thiophene rings is 1. The van der Waals surface area contributed by atoms with Gasteiger partial charge in [0, 0.05) is 23.7 Å². The molecule has 2 aromatic heterocycles. The third kappa shape index (κ3) is 3.26. The van der Waals surface area contributed by atoms with Gasteiger partial charge in [-0.15, -0.1) is 11.3 Å². The molecule has 20 heavy (non-hydrogen) atoms. The largest absolute Gasteiger partial charge is 0.347 e. The van der Waals surface area contributed by atoms with Crippen LogP contribution < -0.4 is 11.1 Å². The molecule has 108 valence electrons. The number of carbonyl (C=O) groups is 1. The van der Waals surface area contributed by atoms with Gasteiger partial charge in [0.25, 0.3) is 0 Å². The molecule has 2 atom stereocenters. The van der Waals surface area contributed by atoms with Crippen LogP contribution in [0.4, 0.5) is 0 Å². The second-order valence-corrected chi connectivity index (χ2v) is 6.15. The smallest absolute Gasteiger partial charge is 0.242 e. The lowest BCUT2D eigenvalue weighted by molar-refractivity contribution is -0.123. The van der Waals surface area contributed by atoms with E-state index in [1.54, 1.807) is 35.5 Å². The average Bonchev–Trinajstić information content (AvgIpc) is 3.05. The quantitative estimate of drug-likeness (QED) is 0.885. The second-order valence-electron chi connectivity index (χ2n) is 5.17. The monoisotopic (exact) mass is 292 g/mol. The van der Waals surface area contributed by atoms with Crippen molar-refractivity contribution in [1.82, 2.24) is 15.1 Å². The Morgan fingerprint density at radius 1 is 1.50 bits per heavy atom. The second kappa shape index (κ2) is 6.19. The van der Waals surface area contributed by atoms with Gasteiger partial charge in [-0.25, -0.2) is 0 Å². The zero-order valence-electron chi connectivity index (χ0n) is 11.9. The van der Waals surface area contributed by atoms with E-state index < -0.39 is 6.04 Å². The van der Waals surface area contributed by atoms with Crippen molar-refractivity contribution in [2.75, 3.05) is 0 Å². The summed E-state index contributed by atoms with van der Waals surface area (Å²) < 4.78 is 1.64. The molecule has 0 bridgehead atoms. The standard InChI is InChI=1S/C14H20N4OS/c1-9(2)13(11-5-4-6-20-11)17-14(19)12(15)10-7-16-18(3)8-10/h4-9,12-13H,15H2,1-3H3,(H,17,19). The predicted molar refractivity (Wildman–Crippen MR) is 80.2 cm³/mol. The highest BCUT2D eigenvalue weighted by Crippen LogP contribution is 2.26. The third-order valence-corrected chi connectivity index (χ3v) is 4.14. The summed E-state index contributed by atoms with van der Waals surface area (Å²) in [6.07, 6.45) is 3.39. The van der Waals surface area contributed by atoms with Crippen LogP contribution in [0.2, 0.25) is 0 Å². The predicted octanol–water partition coefficient (Wildman–Crippen LogP) is 1.99. The van der Waals surface area contributed by atoms with Crippen LogP contribution in [0.25, 0.3) is 0 Å². The molecule has 2 unspecified atom stereocenters. The van der Waals surface area contributed by atoms with Gasteiger partial charge in [0.15, 0.2) is 0 Å². The maximum absolute atomic E-state index is 12.3. The first-order valence-electron chi connectivity index (χ1n) is 6.57. The van der Waals surface area contributed by atoms with Crippen molar-refractivity contribution in [2.24, 2.45) is 18.7 Å². The zero-order chi connectivity index (χ0) is 14.7. The lowest BCUT2D eigenvalue weighted by Gasteiger charge is -2.23. The summed E-state index contributed by atoms with van der Waals surface area (Å²) in [7, 11) is 1.80. The fourth-order valence-electron chi connectivity index (χ4n) is 2.03. The molecule has 0 saturated heterocycles. The number of amides is 1. The van der Waals surface area contributed by atoms with E-state index in [2.05, 4.69) is 24.3 Å². The van der Waals surface area contributed by atoms with Gasteiger partial charge in [0.1, 0.15) is 6.04 Å². The molecular weight excluding hydrogens is 272 g/mol. The van der Waals surface area contributed by atoms with Gasteiger partial charge in [0.2, 0.25) is 5.91 Å². The van der Waals surface area contributed by atoms with Crippen LogP contribution in [-0.2, 0) is 11.8 Å². The third-order valence-electron chi connectivity index (χ3n) is 3.18. The number of carbonyl (C=O) groups excluding carboxylic acids is 1. The number of hydrogen-bond acceptors (Lipinski definition) is 4. The minimum atomic E-state index is -0.690. The van der Waals surface area contributed by atoms with E-state index in [1.807, 2.05) is 17.5 Å². The van der Waals surface area contributed by atoms with Crippen molar-refractivity contribution >= 4 is 17.2 Å². The highest BCUT2D eigenvalue weighted by Gasteiger charge is 2.24. The zero-order valence-corrected chi connectivity index (χ0v) is 12.7. The fourth-order valence-corrected chi connectivity index (χ4v) is 2.98. The molecule has 5 nitrogen and oxygen atoms in total. The molecule has 0 saturated carbocycles. The minimum absolute atomic E-state index is 0.00905. The van der Waals surface area contributed by atoms with Gasteiger partial charge >= 0.3 is 0 Å². The fraction of sp³-hybridized carbons (Fsp3) is 0.429. The van der Waals surface area contributed by atoms with Gasteiger partial charge in [-0.3, -0.25) is 9.48 Å². The lowest BCUT2D eigenvalue weighted by atomic mass is 10.0. The normalized spacial score (nSPS) is 14.2. The Kier molecular flexibility index (Phi) is 4.57. The molecule has 6 heteroatoms. The van der Waals surface area contributed by atoms with E-state index in [9.17, 15) is 4.79 Å². The average molecular weight is 292 g/mol. The molecule has 2 aromatic rings. The summed E-state index contributed by atoms with van der Waals surface area (Å²) in [5.41, 5.74) is 6.71. The molecule has 0 fully saturated rings. The first-order valence-corrected chi connectivity index (χ1v) is 7.45. The summed E-state index contributed by atoms with van der Waals surface area (Å²) in [6.45, 7) is 4.17. The van der Waals surface area contributed by atoms with Gasteiger partial charge < -0.3 is 11.1 Å². The van der Waals surface area contributed by atoms with Crippen LogP contribution in [-0.4, -0.2) is 15.7 Å². The minimum Gasteiger partial charge on any atom is -0.347 e. The Morgan fingerprint density at radius 3 is 2.75 bits per heavy atom. The number of rotatable bonds is 5. The van der Waals surface area contributed by atoms with Gasteiger partial charge in [-0.05, 0) is 17.4 Å². The van der Waals surface area contributed by atoms with E-state index >= 15 is 0 Å². The Labute approximate surface area is 122 Å². The molecule has 0 aliphatic carbocycles. The molecular formula is C14H20N4OS. The summed E-state index contributed by atoms with van der Waals surface area (Å²) in [5.74, 6) is 0.129. The van der Waals surface area contributed by atoms with E-state index in [0.717, 1.165) is 10.4 Å². The van der Waals surface area contributed by atoms with Crippen LogP contribution >= 0.6 is 11.3 Å². The number of aryl methyl sites for hydroxylation is 1. The van der Waals surface area contributed by atoms with Gasteiger partial charge in [-0.1, -0.05) is 19.9 Å². The Bertz CT molecular complexity index is 562. The number of nitrogens with zero attached hydrogens (tertiary/aromatic N) is 2. The van der Waals surface area contributed by atoms with Crippen LogP contribution in [0.5, 0.6) is 0 Å². The maximum atomic E-state index is 12.3. The number of nitrogens with two attached hydrogens (primary N) is 1. The van der Waals surface area contributed by atoms with Crippen LogP contribution in [0.3, 0.4) is 0 Å². The van der Waals surface area contributed by atoms with E-state index in [0.29, 0.717) is 5.92 Å². The first-order chi connectivity index (χ1) is 9.49. The van der Waals surface area contributed by atoms with Crippen LogP contribution in [0.1, 0.15) is 36.4 Å². The van der Waals surface area contributed by atoms with Crippen molar-refractivity contribution in [1.29, 1.82) is 0 Å². The van der Waals surface area contributed by atoms with E-state index in [1.165, 1.54) is 0 Å². The van der Waals surface area contributed by atoms with Crippen molar-refractivity contribution in [3.05, 3.63) is 40.3 Å². The molecule has 0 aliphatic rings. The van der Waals surface area contributed by atoms with Gasteiger partial charge in [0.05, 0.1) is 12.2 Å². The van der Waals surface area contributed by atoms with Crippen molar-refractivity contribution in [3.63, 3.8) is 0 Å². The molecule has 3 N–H and O–H groups in total. The summed E-state index contributed by atoms with van der Waals surface area (Å²) in [6, 6.07) is 3.32. The number of nitrogens with one attached hydrogen (secondary N) is 1. The molecule has 0 spiro atoms. The maximum Gasteiger partial charge on any atom is 0.242 e. The summed E-state index contributed by atoms with van der Waals surface area (Å²) in [4.78, 5) is 13.4. The highest BCUT2D eigenvalue weighted by atomic mass is 32.1. The Hall–Kier alpha value is -1.66. The topological polar surface area (TPSA) is 72.9 Å². The molecule has 2 rings (SSSR count). The number of aromatic nitrogens is 2. The summed E-state index contributed by atoms with van der Waals surface area (Å²) in [5, 5.41) is 9.09. The molecule has 0 aromatic carbocycles. The van der Waals surface area contributed by atoms with E-state index in [4.69, 9.17) is 5.73 Å². The van der Waals surface area contributed by atoms with E-state index in [-0.39, 0.29) is 11.9 Å². The number of hydrogen-bond donors (Lipinski definition) is 2. The van der Waals surface area contributed by atoms with Crippen molar-refractivity contribution in [3.8, 4) is 0 Å². The molecule has 0 radical (unpaired) electrons.